The van der Waals surface area contributed by atoms with Gasteiger partial charge in [0.25, 0.3) is 0 Å². The molecule has 2 N–H and O–H groups in total. The minimum absolute atomic E-state index is 0. The van der Waals surface area contributed by atoms with Gasteiger partial charge in [0.2, 0.25) is 5.91 Å². The van der Waals surface area contributed by atoms with Crippen molar-refractivity contribution >= 4 is 18.3 Å². The molecule has 1 aromatic rings. The molecule has 1 aliphatic heterocycles. The first kappa shape index (κ1) is 17.9. The zero-order chi connectivity index (χ0) is 14.5. The van der Waals surface area contributed by atoms with Crippen LogP contribution in [0.4, 0.5) is 8.78 Å². The van der Waals surface area contributed by atoms with Crippen molar-refractivity contribution in [1.82, 2.24) is 4.90 Å². The lowest BCUT2D eigenvalue weighted by Crippen LogP contribution is -2.39. The van der Waals surface area contributed by atoms with Gasteiger partial charge in [0.15, 0.2) is 11.6 Å². The fourth-order valence-corrected chi connectivity index (χ4v) is 2.69. The maximum Gasteiger partial charge on any atom is 0.222 e. The summed E-state index contributed by atoms with van der Waals surface area (Å²) in [5, 5.41) is 0. The van der Waals surface area contributed by atoms with Crippen molar-refractivity contribution in [3.63, 3.8) is 0 Å². The van der Waals surface area contributed by atoms with E-state index in [1.165, 1.54) is 6.07 Å². The van der Waals surface area contributed by atoms with Crippen LogP contribution in [0, 0.1) is 11.6 Å². The average molecular weight is 319 g/mol. The second kappa shape index (κ2) is 8.29. The van der Waals surface area contributed by atoms with Crippen LogP contribution in [-0.2, 0) is 11.2 Å². The molecule has 1 amide bonds. The highest BCUT2D eigenvalue weighted by Crippen LogP contribution is 2.18. The Kier molecular flexibility index (Phi) is 7.05. The van der Waals surface area contributed by atoms with E-state index in [9.17, 15) is 13.6 Å². The van der Waals surface area contributed by atoms with Gasteiger partial charge in [-0.05, 0) is 43.4 Å². The molecule has 1 heterocycles. The zero-order valence-corrected chi connectivity index (χ0v) is 12.7. The molecule has 1 atom stereocenters. The van der Waals surface area contributed by atoms with Gasteiger partial charge in [-0.25, -0.2) is 8.78 Å². The number of nitrogens with zero attached hydrogens (tertiary/aromatic N) is 1. The number of carbonyl (C=O) groups excluding carboxylic acids is 1. The summed E-state index contributed by atoms with van der Waals surface area (Å²) in [5.74, 6) is -1.57. The summed E-state index contributed by atoms with van der Waals surface area (Å²) in [6.07, 6.45) is 3.62. The molecule has 1 saturated heterocycles. The van der Waals surface area contributed by atoms with E-state index in [1.807, 2.05) is 4.90 Å². The van der Waals surface area contributed by atoms with Crippen molar-refractivity contribution < 1.29 is 13.6 Å². The molecule has 1 aromatic carbocycles. The van der Waals surface area contributed by atoms with Crippen molar-refractivity contribution in [2.75, 3.05) is 13.1 Å². The smallest absolute Gasteiger partial charge is 0.222 e. The number of halogens is 3. The first-order valence-corrected chi connectivity index (χ1v) is 7.05. The summed E-state index contributed by atoms with van der Waals surface area (Å²) in [7, 11) is 0. The molecule has 1 fully saturated rings. The van der Waals surface area contributed by atoms with Gasteiger partial charge in [-0.3, -0.25) is 4.79 Å². The first-order valence-electron chi connectivity index (χ1n) is 7.05. The van der Waals surface area contributed by atoms with Crippen LogP contribution in [0.2, 0.25) is 0 Å². The Labute approximate surface area is 129 Å². The van der Waals surface area contributed by atoms with E-state index < -0.39 is 11.6 Å². The third-order valence-electron chi connectivity index (χ3n) is 3.81. The van der Waals surface area contributed by atoms with Crippen LogP contribution in [0.25, 0.3) is 0 Å². The molecule has 0 spiro atoms. The Bertz CT molecular complexity index is 485. The second-order valence-electron chi connectivity index (χ2n) is 5.22. The number of rotatable bonds is 5. The van der Waals surface area contributed by atoms with Crippen molar-refractivity contribution in [2.45, 2.75) is 38.1 Å². The summed E-state index contributed by atoms with van der Waals surface area (Å²) < 4.78 is 25.8. The minimum Gasteiger partial charge on any atom is -0.338 e. The number of hydrogen-bond donors (Lipinski definition) is 1. The van der Waals surface area contributed by atoms with E-state index >= 15 is 0 Å². The number of nitrogens with two attached hydrogens (primary N) is 1. The lowest BCUT2D eigenvalue weighted by Gasteiger charge is -2.23. The third kappa shape index (κ3) is 4.64. The van der Waals surface area contributed by atoms with Crippen LogP contribution in [0.3, 0.4) is 0 Å². The fourth-order valence-electron chi connectivity index (χ4n) is 2.69. The lowest BCUT2D eigenvalue weighted by atomic mass is 10.1. The number of benzene rings is 1. The normalized spacial score (nSPS) is 17.7. The van der Waals surface area contributed by atoms with Crippen LogP contribution in [-0.4, -0.2) is 29.9 Å². The zero-order valence-electron chi connectivity index (χ0n) is 11.9. The predicted octanol–water partition coefficient (Wildman–Crippen LogP) is 2.66. The number of hydrogen-bond acceptors (Lipinski definition) is 2. The van der Waals surface area contributed by atoms with Gasteiger partial charge in [-0.2, -0.15) is 0 Å². The molecule has 118 valence electrons. The second-order valence-corrected chi connectivity index (χ2v) is 5.22. The molecule has 0 radical (unpaired) electrons. The van der Waals surface area contributed by atoms with Gasteiger partial charge in [-0.15, -0.1) is 12.4 Å². The summed E-state index contributed by atoms with van der Waals surface area (Å²) in [6, 6.07) is 4.04. The molecule has 0 saturated carbocycles. The number of carbonyl (C=O) groups is 1. The summed E-state index contributed by atoms with van der Waals surface area (Å²) in [6.45, 7) is 1.29. The molecule has 1 unspecified atom stereocenters. The number of aryl methyl sites for hydroxylation is 1. The maximum atomic E-state index is 13.0. The Morgan fingerprint density at radius 2 is 2.10 bits per heavy atom. The Balaban J connectivity index is 0.00000220. The number of amides is 1. The van der Waals surface area contributed by atoms with E-state index in [0.717, 1.165) is 25.5 Å². The molecule has 21 heavy (non-hydrogen) atoms. The molecule has 0 aliphatic carbocycles. The van der Waals surface area contributed by atoms with Gasteiger partial charge < -0.3 is 10.6 Å². The molecule has 1 aliphatic rings. The third-order valence-corrected chi connectivity index (χ3v) is 3.81. The molecule has 3 nitrogen and oxygen atoms in total. The van der Waals surface area contributed by atoms with Gasteiger partial charge in [0.1, 0.15) is 0 Å². The predicted molar refractivity (Wildman–Crippen MR) is 80.3 cm³/mol. The van der Waals surface area contributed by atoms with E-state index in [0.29, 0.717) is 31.4 Å². The summed E-state index contributed by atoms with van der Waals surface area (Å²) in [5.41, 5.74) is 6.36. The van der Waals surface area contributed by atoms with Gasteiger partial charge in [0.05, 0.1) is 0 Å². The average Bonchev–Trinajstić information content (AvgIpc) is 2.91. The molecule has 0 aromatic heterocycles. The highest BCUT2D eigenvalue weighted by atomic mass is 35.5. The molecule has 6 heteroatoms. The van der Waals surface area contributed by atoms with Crippen molar-refractivity contribution in [3.8, 4) is 0 Å². The fraction of sp³-hybridized carbons (Fsp3) is 0.533. The van der Waals surface area contributed by atoms with Crippen molar-refractivity contribution in [2.24, 2.45) is 5.73 Å². The van der Waals surface area contributed by atoms with Crippen LogP contribution < -0.4 is 5.73 Å². The van der Waals surface area contributed by atoms with Crippen LogP contribution in [0.15, 0.2) is 18.2 Å². The standard InChI is InChI=1S/C15H20F2N2O.ClH/c16-13-7-6-11(9-14(13)17)3-1-5-15(20)19-8-2-4-12(19)10-18;/h6-7,9,12H,1-5,8,10,18H2;1H. The lowest BCUT2D eigenvalue weighted by molar-refractivity contribution is -0.131. The summed E-state index contributed by atoms with van der Waals surface area (Å²) in [4.78, 5) is 13.9. The molecular formula is C15H21ClF2N2O. The molecule has 0 bridgehead atoms. The topological polar surface area (TPSA) is 46.3 Å². The van der Waals surface area contributed by atoms with Gasteiger partial charge >= 0.3 is 0 Å². The van der Waals surface area contributed by atoms with Crippen LogP contribution >= 0.6 is 12.4 Å². The Morgan fingerprint density at radius 3 is 2.76 bits per heavy atom. The Hall–Kier alpha value is -1.20. The quantitative estimate of drug-likeness (QED) is 0.907. The number of likely N-dealkylation sites (tertiary alicyclic amines) is 1. The van der Waals surface area contributed by atoms with E-state index in [1.54, 1.807) is 6.07 Å². The van der Waals surface area contributed by atoms with Crippen LogP contribution in [0.1, 0.15) is 31.2 Å². The van der Waals surface area contributed by atoms with Gasteiger partial charge in [-0.1, -0.05) is 6.07 Å². The van der Waals surface area contributed by atoms with E-state index in [4.69, 9.17) is 5.73 Å². The van der Waals surface area contributed by atoms with Crippen molar-refractivity contribution in [1.29, 1.82) is 0 Å². The molecular weight excluding hydrogens is 298 g/mol. The van der Waals surface area contributed by atoms with Gasteiger partial charge in [0, 0.05) is 25.6 Å². The highest BCUT2D eigenvalue weighted by molar-refractivity contribution is 5.85. The molecule has 2 rings (SSSR count). The van der Waals surface area contributed by atoms with E-state index in [-0.39, 0.29) is 24.4 Å². The van der Waals surface area contributed by atoms with Crippen LogP contribution in [0.5, 0.6) is 0 Å². The first-order chi connectivity index (χ1) is 9.61. The minimum atomic E-state index is -0.840. The summed E-state index contributed by atoms with van der Waals surface area (Å²) >= 11 is 0. The van der Waals surface area contributed by atoms with E-state index in [2.05, 4.69) is 0 Å². The SMILES string of the molecule is Cl.NCC1CCCN1C(=O)CCCc1ccc(F)c(F)c1. The maximum absolute atomic E-state index is 13.0. The largest absolute Gasteiger partial charge is 0.338 e. The highest BCUT2D eigenvalue weighted by Gasteiger charge is 2.26. The van der Waals surface area contributed by atoms with Crippen molar-refractivity contribution in [3.05, 3.63) is 35.4 Å². The monoisotopic (exact) mass is 318 g/mol. The Morgan fingerprint density at radius 1 is 1.33 bits per heavy atom.